The summed E-state index contributed by atoms with van der Waals surface area (Å²) >= 11 is 0. The number of hydrogen-bond donors (Lipinski definition) is 1. The van der Waals surface area contributed by atoms with Crippen molar-refractivity contribution in [1.82, 2.24) is 0 Å². The second-order valence-corrected chi connectivity index (χ2v) is 7.78. The predicted octanol–water partition coefficient (Wildman–Crippen LogP) is 5.06. The first-order valence-electron chi connectivity index (χ1n) is 9.16. The van der Waals surface area contributed by atoms with Crippen LogP contribution in [-0.2, 0) is 25.7 Å². The van der Waals surface area contributed by atoms with E-state index in [0.717, 1.165) is 6.42 Å². The first kappa shape index (κ1) is 14.8. The van der Waals surface area contributed by atoms with Gasteiger partial charge in [0.05, 0.1) is 0 Å². The molecule has 0 radical (unpaired) electrons. The number of benzene rings is 3. The van der Waals surface area contributed by atoms with Crippen molar-refractivity contribution >= 4 is 0 Å². The van der Waals surface area contributed by atoms with Gasteiger partial charge in [-0.15, -0.1) is 0 Å². The van der Waals surface area contributed by atoms with E-state index >= 15 is 0 Å². The lowest BCUT2D eigenvalue weighted by atomic mass is 9.71. The number of rotatable bonds is 2. The Morgan fingerprint density at radius 3 is 1.96 bits per heavy atom. The van der Waals surface area contributed by atoms with Crippen molar-refractivity contribution < 1.29 is 5.11 Å². The van der Waals surface area contributed by atoms with Crippen molar-refractivity contribution in [2.75, 3.05) is 0 Å². The number of phenolic OH excluding ortho intramolecular Hbond substituents is 1. The second-order valence-electron chi connectivity index (χ2n) is 7.78. The maximum Gasteiger partial charge on any atom is 0.115 e. The summed E-state index contributed by atoms with van der Waals surface area (Å²) in [4.78, 5) is 0. The monoisotopic (exact) mass is 326 g/mol. The fourth-order valence-corrected chi connectivity index (χ4v) is 5.16. The molecule has 2 aliphatic rings. The minimum absolute atomic E-state index is 0.311. The minimum Gasteiger partial charge on any atom is -0.508 e. The van der Waals surface area contributed by atoms with Gasteiger partial charge in [-0.2, -0.15) is 0 Å². The number of hydrogen-bond acceptors (Lipinski definition) is 1. The van der Waals surface area contributed by atoms with E-state index in [2.05, 4.69) is 60.7 Å². The van der Waals surface area contributed by atoms with Crippen molar-refractivity contribution in [3.05, 3.63) is 101 Å². The van der Waals surface area contributed by atoms with Crippen molar-refractivity contribution in [2.45, 2.75) is 31.6 Å². The molecule has 0 aromatic heterocycles. The standard InChI is InChI=1S/C24H22O/c25-21-11-9-17(10-12-21)13-23-22-8-4-3-7-20(22)16-24(23)14-18-5-1-2-6-19(18)15-24/h1-12,23,25H,13-16H2. The van der Waals surface area contributed by atoms with Gasteiger partial charge in [-0.1, -0.05) is 60.7 Å². The molecule has 25 heavy (non-hydrogen) atoms. The van der Waals surface area contributed by atoms with E-state index < -0.39 is 0 Å². The van der Waals surface area contributed by atoms with Crippen LogP contribution in [0.25, 0.3) is 0 Å². The van der Waals surface area contributed by atoms with Gasteiger partial charge in [0.25, 0.3) is 0 Å². The Hall–Kier alpha value is -2.54. The Bertz CT molecular complexity index is 892. The third kappa shape index (κ3) is 2.38. The summed E-state index contributed by atoms with van der Waals surface area (Å²) in [5.74, 6) is 0.888. The minimum atomic E-state index is 0.311. The molecular formula is C24H22O. The molecule has 5 rings (SSSR count). The van der Waals surface area contributed by atoms with Gasteiger partial charge in [-0.25, -0.2) is 0 Å². The molecule has 1 nitrogen and oxygen atoms in total. The maximum absolute atomic E-state index is 9.60. The van der Waals surface area contributed by atoms with Crippen molar-refractivity contribution in [3.63, 3.8) is 0 Å². The molecule has 1 heteroatoms. The van der Waals surface area contributed by atoms with Crippen molar-refractivity contribution in [3.8, 4) is 5.75 Å². The lowest BCUT2D eigenvalue weighted by Gasteiger charge is -2.32. The lowest BCUT2D eigenvalue weighted by molar-refractivity contribution is 0.257. The van der Waals surface area contributed by atoms with E-state index in [4.69, 9.17) is 0 Å². The van der Waals surface area contributed by atoms with E-state index in [1.54, 1.807) is 0 Å². The Morgan fingerprint density at radius 2 is 1.28 bits per heavy atom. The quantitative estimate of drug-likeness (QED) is 0.698. The first-order chi connectivity index (χ1) is 12.2. The summed E-state index contributed by atoms with van der Waals surface area (Å²) in [6.45, 7) is 0. The average Bonchev–Trinajstić information content (AvgIpc) is 3.14. The van der Waals surface area contributed by atoms with E-state index in [1.807, 2.05) is 12.1 Å². The van der Waals surface area contributed by atoms with Crippen molar-refractivity contribution in [2.24, 2.45) is 5.41 Å². The zero-order valence-electron chi connectivity index (χ0n) is 14.3. The first-order valence-corrected chi connectivity index (χ1v) is 9.16. The van der Waals surface area contributed by atoms with E-state index in [0.29, 0.717) is 17.1 Å². The van der Waals surface area contributed by atoms with Crippen LogP contribution in [0, 0.1) is 5.41 Å². The van der Waals surface area contributed by atoms with Crippen LogP contribution in [0.5, 0.6) is 5.75 Å². The van der Waals surface area contributed by atoms with E-state index in [-0.39, 0.29) is 0 Å². The van der Waals surface area contributed by atoms with Crippen molar-refractivity contribution in [1.29, 1.82) is 0 Å². The molecule has 1 atom stereocenters. The van der Waals surface area contributed by atoms with E-state index in [9.17, 15) is 5.11 Å². The molecule has 0 amide bonds. The van der Waals surface area contributed by atoms with Crippen LogP contribution >= 0.6 is 0 Å². The predicted molar refractivity (Wildman–Crippen MR) is 101 cm³/mol. The van der Waals surface area contributed by atoms with Crippen LogP contribution in [0.4, 0.5) is 0 Å². The zero-order valence-corrected chi connectivity index (χ0v) is 14.3. The molecule has 0 bridgehead atoms. The fraction of sp³-hybridized carbons (Fsp3) is 0.250. The van der Waals surface area contributed by atoms with Gasteiger partial charge < -0.3 is 5.11 Å². The van der Waals surface area contributed by atoms with Gasteiger partial charge in [-0.05, 0) is 77.0 Å². The van der Waals surface area contributed by atoms with Crippen LogP contribution in [0.1, 0.15) is 33.7 Å². The highest BCUT2D eigenvalue weighted by atomic mass is 16.3. The lowest BCUT2D eigenvalue weighted by Crippen LogP contribution is -2.28. The van der Waals surface area contributed by atoms with Gasteiger partial charge in [0.1, 0.15) is 5.75 Å². The summed E-state index contributed by atoms with van der Waals surface area (Å²) < 4.78 is 0. The van der Waals surface area contributed by atoms with Gasteiger partial charge in [-0.3, -0.25) is 0 Å². The highest BCUT2D eigenvalue weighted by Crippen LogP contribution is 2.55. The largest absolute Gasteiger partial charge is 0.508 e. The summed E-state index contributed by atoms with van der Waals surface area (Å²) in [5.41, 5.74) is 7.75. The molecule has 2 aliphatic carbocycles. The second kappa shape index (κ2) is 5.49. The summed E-state index contributed by atoms with van der Waals surface area (Å²) in [5, 5.41) is 9.60. The van der Waals surface area contributed by atoms with Crippen LogP contribution in [0.3, 0.4) is 0 Å². The topological polar surface area (TPSA) is 20.2 Å². The van der Waals surface area contributed by atoms with Gasteiger partial charge in [0.2, 0.25) is 0 Å². The number of fused-ring (bicyclic) bond motifs is 2. The smallest absolute Gasteiger partial charge is 0.115 e. The van der Waals surface area contributed by atoms with Crippen LogP contribution < -0.4 is 0 Å². The molecule has 0 saturated heterocycles. The van der Waals surface area contributed by atoms with Gasteiger partial charge in [0, 0.05) is 0 Å². The molecule has 3 aromatic rings. The summed E-state index contributed by atoms with van der Waals surface area (Å²) in [6, 6.07) is 25.8. The molecule has 1 unspecified atom stereocenters. The Labute approximate surface area is 149 Å². The average molecular weight is 326 g/mol. The SMILES string of the molecule is Oc1ccc(CC2c3ccccc3CC23Cc2ccccc2C3)cc1. The Kier molecular flexibility index (Phi) is 3.24. The van der Waals surface area contributed by atoms with E-state index in [1.165, 1.54) is 47.1 Å². The molecule has 0 heterocycles. The van der Waals surface area contributed by atoms with Gasteiger partial charge >= 0.3 is 0 Å². The van der Waals surface area contributed by atoms with Crippen LogP contribution in [-0.4, -0.2) is 5.11 Å². The third-order valence-corrected chi connectivity index (χ3v) is 6.29. The Balaban J connectivity index is 1.56. The highest BCUT2D eigenvalue weighted by Gasteiger charge is 2.48. The molecule has 1 spiro atoms. The molecule has 1 N–H and O–H groups in total. The molecule has 0 fully saturated rings. The molecule has 0 saturated carbocycles. The van der Waals surface area contributed by atoms with Gasteiger partial charge in [0.15, 0.2) is 0 Å². The van der Waals surface area contributed by atoms with Crippen LogP contribution in [0.15, 0.2) is 72.8 Å². The summed E-state index contributed by atoms with van der Waals surface area (Å²) in [6.07, 6.45) is 4.59. The third-order valence-electron chi connectivity index (χ3n) is 6.29. The number of aromatic hydroxyl groups is 1. The normalized spacial score (nSPS) is 19.8. The Morgan fingerprint density at radius 1 is 0.720 bits per heavy atom. The zero-order chi connectivity index (χ0) is 16.9. The van der Waals surface area contributed by atoms with Crippen LogP contribution in [0.2, 0.25) is 0 Å². The molecule has 0 aliphatic heterocycles. The highest BCUT2D eigenvalue weighted by molar-refractivity contribution is 5.46. The fourth-order valence-electron chi connectivity index (χ4n) is 5.16. The molecule has 124 valence electrons. The molecule has 3 aromatic carbocycles. The summed E-state index contributed by atoms with van der Waals surface area (Å²) in [7, 11) is 0. The number of phenols is 1. The molecular weight excluding hydrogens is 304 g/mol. The maximum atomic E-state index is 9.60.